The maximum Gasteiger partial charge on any atom is 0.223 e. The fourth-order valence-corrected chi connectivity index (χ4v) is 3.52. The van der Waals surface area contributed by atoms with Gasteiger partial charge in [0, 0.05) is 30.1 Å². The maximum atomic E-state index is 12.6. The maximum absolute atomic E-state index is 12.6. The molecule has 28 heavy (non-hydrogen) atoms. The van der Waals surface area contributed by atoms with Gasteiger partial charge in [-0.15, -0.1) is 0 Å². The van der Waals surface area contributed by atoms with Gasteiger partial charge in [0.1, 0.15) is 0 Å². The van der Waals surface area contributed by atoms with Gasteiger partial charge in [-0.2, -0.15) is 4.98 Å². The van der Waals surface area contributed by atoms with E-state index in [4.69, 9.17) is 9.72 Å². The summed E-state index contributed by atoms with van der Waals surface area (Å²) in [6.07, 6.45) is 3.14. The fraction of sp³-hybridized carbons (Fsp3) is 0.500. The van der Waals surface area contributed by atoms with Crippen LogP contribution in [0.2, 0.25) is 0 Å². The number of aromatic nitrogens is 2. The Morgan fingerprint density at radius 2 is 1.93 bits per heavy atom. The lowest BCUT2D eigenvalue weighted by atomic mass is 9.99. The van der Waals surface area contributed by atoms with Gasteiger partial charge in [-0.1, -0.05) is 30.3 Å². The molecule has 0 saturated heterocycles. The highest BCUT2D eigenvalue weighted by Crippen LogP contribution is 2.31. The summed E-state index contributed by atoms with van der Waals surface area (Å²) in [7, 11) is 4.01. The number of hydrogen-bond acceptors (Lipinski definition) is 5. The summed E-state index contributed by atoms with van der Waals surface area (Å²) in [5, 5.41) is 3.07. The van der Waals surface area contributed by atoms with E-state index in [-0.39, 0.29) is 11.8 Å². The molecule has 1 aliphatic rings. The number of nitrogens with one attached hydrogen (secondary N) is 1. The van der Waals surface area contributed by atoms with Gasteiger partial charge in [0.15, 0.2) is 5.82 Å². The lowest BCUT2D eigenvalue weighted by Gasteiger charge is -2.15. The molecule has 150 valence electrons. The van der Waals surface area contributed by atoms with Gasteiger partial charge in [0.25, 0.3) is 0 Å². The molecule has 1 unspecified atom stereocenters. The van der Waals surface area contributed by atoms with E-state index in [1.165, 1.54) is 0 Å². The number of rotatable bonds is 7. The van der Waals surface area contributed by atoms with Crippen LogP contribution in [-0.2, 0) is 17.6 Å². The van der Waals surface area contributed by atoms with Crippen LogP contribution in [0.4, 0.5) is 0 Å². The predicted octanol–water partition coefficient (Wildman–Crippen LogP) is 2.72. The smallest absolute Gasteiger partial charge is 0.223 e. The summed E-state index contributed by atoms with van der Waals surface area (Å²) >= 11 is 0. The van der Waals surface area contributed by atoms with Gasteiger partial charge < -0.3 is 15.0 Å². The number of nitrogens with zero attached hydrogens (tertiary/aromatic N) is 3. The number of aryl methyl sites for hydroxylation is 1. The highest BCUT2D eigenvalue weighted by atomic mass is 16.5. The minimum Gasteiger partial charge on any atom is -0.478 e. The second-order valence-electron chi connectivity index (χ2n) is 7.45. The number of benzene rings is 1. The van der Waals surface area contributed by atoms with Crippen LogP contribution < -0.4 is 10.1 Å². The van der Waals surface area contributed by atoms with E-state index in [2.05, 4.69) is 15.2 Å². The number of carbonyl (C=O) groups is 1. The molecule has 1 aromatic carbocycles. The predicted molar refractivity (Wildman–Crippen MR) is 110 cm³/mol. The van der Waals surface area contributed by atoms with Crippen molar-refractivity contribution in [3.8, 4) is 17.3 Å². The summed E-state index contributed by atoms with van der Waals surface area (Å²) in [5.41, 5.74) is 3.06. The molecule has 0 bridgehead atoms. The number of ether oxygens (including phenoxy) is 1. The Hall–Kier alpha value is -2.47. The largest absolute Gasteiger partial charge is 0.478 e. The molecule has 0 aliphatic heterocycles. The van der Waals surface area contributed by atoms with Crippen molar-refractivity contribution in [2.24, 2.45) is 5.92 Å². The van der Waals surface area contributed by atoms with Crippen molar-refractivity contribution in [1.82, 2.24) is 20.2 Å². The van der Waals surface area contributed by atoms with Crippen LogP contribution in [0.5, 0.6) is 5.88 Å². The number of carbonyl (C=O) groups excluding carboxylic acids is 1. The number of likely N-dealkylation sites (N-methyl/N-ethyl adjacent to an activating group) is 1. The Balaban J connectivity index is 1.78. The van der Waals surface area contributed by atoms with Crippen molar-refractivity contribution >= 4 is 5.91 Å². The second kappa shape index (κ2) is 9.64. The van der Waals surface area contributed by atoms with E-state index in [1.54, 1.807) is 0 Å². The second-order valence-corrected chi connectivity index (χ2v) is 7.45. The Bertz CT molecular complexity index is 793. The van der Waals surface area contributed by atoms with E-state index in [9.17, 15) is 4.79 Å². The van der Waals surface area contributed by atoms with Crippen molar-refractivity contribution in [2.75, 3.05) is 33.8 Å². The molecule has 1 atom stereocenters. The Kier molecular flexibility index (Phi) is 6.98. The van der Waals surface area contributed by atoms with Gasteiger partial charge in [-0.05, 0) is 46.7 Å². The first kappa shape index (κ1) is 20.3. The molecule has 0 fully saturated rings. The molecule has 3 rings (SSSR count). The molecule has 6 nitrogen and oxygen atoms in total. The minimum atomic E-state index is 0.00557. The van der Waals surface area contributed by atoms with E-state index in [0.717, 1.165) is 49.0 Å². The van der Waals surface area contributed by atoms with Crippen molar-refractivity contribution in [1.29, 1.82) is 0 Å². The van der Waals surface area contributed by atoms with Crippen LogP contribution in [0.25, 0.3) is 11.4 Å². The molecule has 1 amide bonds. The minimum absolute atomic E-state index is 0.00557. The zero-order valence-electron chi connectivity index (χ0n) is 17.1. The van der Waals surface area contributed by atoms with E-state index in [1.807, 2.05) is 51.4 Å². The van der Waals surface area contributed by atoms with Gasteiger partial charge in [-0.3, -0.25) is 4.79 Å². The summed E-state index contributed by atoms with van der Waals surface area (Å²) in [6.45, 7) is 4.05. The summed E-state index contributed by atoms with van der Waals surface area (Å²) in [5.74, 6) is 1.51. The third-order valence-corrected chi connectivity index (χ3v) is 5.07. The first-order valence-corrected chi connectivity index (χ1v) is 10.1. The average Bonchev–Trinajstić information content (AvgIpc) is 2.91. The number of amides is 1. The average molecular weight is 383 g/mol. The molecule has 1 N–H and O–H groups in total. The Morgan fingerprint density at radius 1 is 1.18 bits per heavy atom. The van der Waals surface area contributed by atoms with Gasteiger partial charge in [0.2, 0.25) is 11.8 Å². The summed E-state index contributed by atoms with van der Waals surface area (Å²) in [4.78, 5) is 24.2. The zero-order chi connectivity index (χ0) is 19.9. The molecular formula is C22H30N4O2. The van der Waals surface area contributed by atoms with Crippen LogP contribution in [0.15, 0.2) is 30.3 Å². The standard InChI is InChI=1S/C22H30N4O2/c1-4-28-22-18-12-10-17(21(27)23-14-15-26(2)3)11-13-19(18)24-20(25-22)16-8-6-5-7-9-16/h5-9,17H,4,10-15H2,1-3H3,(H,23,27). The first-order chi connectivity index (χ1) is 13.6. The third kappa shape index (κ3) is 5.07. The van der Waals surface area contributed by atoms with Crippen LogP contribution in [0.1, 0.15) is 31.0 Å². The lowest BCUT2D eigenvalue weighted by Crippen LogP contribution is -2.35. The van der Waals surface area contributed by atoms with Crippen molar-refractivity contribution in [3.63, 3.8) is 0 Å². The molecular weight excluding hydrogens is 352 g/mol. The molecule has 0 saturated carbocycles. The lowest BCUT2D eigenvalue weighted by molar-refractivity contribution is -0.125. The zero-order valence-corrected chi connectivity index (χ0v) is 17.1. The molecule has 1 aliphatic carbocycles. The summed E-state index contributed by atoms with van der Waals surface area (Å²) in [6, 6.07) is 9.97. The fourth-order valence-electron chi connectivity index (χ4n) is 3.52. The van der Waals surface area contributed by atoms with Gasteiger partial charge in [0.05, 0.1) is 12.3 Å². The Labute approximate surface area is 167 Å². The molecule has 1 aromatic heterocycles. The monoisotopic (exact) mass is 382 g/mol. The van der Waals surface area contributed by atoms with Crippen molar-refractivity contribution in [3.05, 3.63) is 41.6 Å². The normalized spacial score (nSPS) is 16.4. The van der Waals surface area contributed by atoms with Crippen LogP contribution in [0, 0.1) is 5.92 Å². The highest BCUT2D eigenvalue weighted by Gasteiger charge is 2.26. The van der Waals surface area contributed by atoms with E-state index in [0.29, 0.717) is 24.9 Å². The summed E-state index contributed by atoms with van der Waals surface area (Å²) < 4.78 is 5.85. The SMILES string of the molecule is CCOc1nc(-c2ccccc2)nc2c1CCC(C(=O)NCCN(C)C)CC2. The molecule has 6 heteroatoms. The first-order valence-electron chi connectivity index (χ1n) is 10.1. The van der Waals surface area contributed by atoms with Crippen LogP contribution in [-0.4, -0.2) is 54.6 Å². The quantitative estimate of drug-likeness (QED) is 0.746. The Morgan fingerprint density at radius 3 is 2.64 bits per heavy atom. The number of fused-ring (bicyclic) bond motifs is 1. The molecule has 0 spiro atoms. The van der Waals surface area contributed by atoms with Crippen molar-refractivity contribution in [2.45, 2.75) is 32.6 Å². The van der Waals surface area contributed by atoms with E-state index >= 15 is 0 Å². The van der Waals surface area contributed by atoms with Crippen LogP contribution >= 0.6 is 0 Å². The van der Waals surface area contributed by atoms with E-state index < -0.39 is 0 Å². The van der Waals surface area contributed by atoms with Crippen molar-refractivity contribution < 1.29 is 9.53 Å². The number of hydrogen-bond donors (Lipinski definition) is 1. The third-order valence-electron chi connectivity index (χ3n) is 5.07. The van der Waals surface area contributed by atoms with Gasteiger partial charge >= 0.3 is 0 Å². The van der Waals surface area contributed by atoms with Gasteiger partial charge in [-0.25, -0.2) is 4.98 Å². The van der Waals surface area contributed by atoms with Crippen LogP contribution in [0.3, 0.4) is 0 Å². The molecule has 0 radical (unpaired) electrons. The topological polar surface area (TPSA) is 67.3 Å². The molecule has 1 heterocycles. The molecule has 2 aromatic rings. The highest BCUT2D eigenvalue weighted by molar-refractivity contribution is 5.78.